The molecule has 5 nitrogen and oxygen atoms in total. The SMILES string of the molecule is O=C(c1ccc(F)cc1)N1CCC(N2CCS(=O)(=O)CC2)CC1. The topological polar surface area (TPSA) is 57.7 Å². The highest BCUT2D eigenvalue weighted by Gasteiger charge is 2.31. The lowest BCUT2D eigenvalue weighted by Crippen LogP contribution is -2.51. The van der Waals surface area contributed by atoms with Gasteiger partial charge in [-0.3, -0.25) is 9.69 Å². The van der Waals surface area contributed by atoms with Gasteiger partial charge in [-0.2, -0.15) is 0 Å². The van der Waals surface area contributed by atoms with Crippen molar-refractivity contribution in [3.05, 3.63) is 35.6 Å². The quantitative estimate of drug-likeness (QED) is 0.811. The Balaban J connectivity index is 1.54. The predicted molar refractivity (Wildman–Crippen MR) is 85.6 cm³/mol. The molecule has 0 aromatic heterocycles. The van der Waals surface area contributed by atoms with Crippen LogP contribution in [0.4, 0.5) is 4.39 Å². The van der Waals surface area contributed by atoms with Crippen LogP contribution in [0.25, 0.3) is 0 Å². The van der Waals surface area contributed by atoms with E-state index in [1.165, 1.54) is 24.3 Å². The fourth-order valence-corrected chi connectivity index (χ4v) is 4.53. The highest BCUT2D eigenvalue weighted by atomic mass is 32.2. The second kappa shape index (κ2) is 6.57. The van der Waals surface area contributed by atoms with Crippen molar-refractivity contribution < 1.29 is 17.6 Å². The summed E-state index contributed by atoms with van der Waals surface area (Å²) in [7, 11) is -2.85. The number of hydrogen-bond acceptors (Lipinski definition) is 4. The van der Waals surface area contributed by atoms with Gasteiger partial charge in [-0.25, -0.2) is 12.8 Å². The minimum Gasteiger partial charge on any atom is -0.339 e. The zero-order valence-corrected chi connectivity index (χ0v) is 13.8. The molecule has 1 aromatic carbocycles. The third-order valence-electron chi connectivity index (χ3n) is 4.74. The maximum Gasteiger partial charge on any atom is 0.253 e. The summed E-state index contributed by atoms with van der Waals surface area (Å²) < 4.78 is 35.9. The van der Waals surface area contributed by atoms with Crippen molar-refractivity contribution in [2.24, 2.45) is 0 Å². The molecule has 2 aliphatic rings. The Morgan fingerprint density at radius 3 is 2.13 bits per heavy atom. The standard InChI is InChI=1S/C16H21FN2O3S/c17-14-3-1-13(2-4-14)16(20)19-7-5-15(6-8-19)18-9-11-23(21,22)12-10-18/h1-4,15H,5-12H2. The van der Waals surface area contributed by atoms with Crippen LogP contribution in [0, 0.1) is 5.82 Å². The number of piperidine rings is 1. The Morgan fingerprint density at radius 2 is 1.57 bits per heavy atom. The number of rotatable bonds is 2. The van der Waals surface area contributed by atoms with Gasteiger partial charge in [0.2, 0.25) is 0 Å². The van der Waals surface area contributed by atoms with Gasteiger partial charge in [0.25, 0.3) is 5.91 Å². The number of carbonyl (C=O) groups excluding carboxylic acids is 1. The first-order valence-electron chi connectivity index (χ1n) is 7.94. The van der Waals surface area contributed by atoms with Crippen LogP contribution in [0.1, 0.15) is 23.2 Å². The van der Waals surface area contributed by atoms with Crippen molar-refractivity contribution in [2.45, 2.75) is 18.9 Å². The van der Waals surface area contributed by atoms with Gasteiger partial charge in [-0.15, -0.1) is 0 Å². The first-order chi connectivity index (χ1) is 10.9. The first-order valence-corrected chi connectivity index (χ1v) is 9.76. The van der Waals surface area contributed by atoms with E-state index in [9.17, 15) is 17.6 Å². The summed E-state index contributed by atoms with van der Waals surface area (Å²) in [6.07, 6.45) is 1.71. The highest BCUT2D eigenvalue weighted by molar-refractivity contribution is 7.91. The van der Waals surface area contributed by atoms with Crippen molar-refractivity contribution in [2.75, 3.05) is 37.7 Å². The fourth-order valence-electron chi connectivity index (χ4n) is 3.30. The summed E-state index contributed by atoms with van der Waals surface area (Å²) in [5.41, 5.74) is 0.508. The van der Waals surface area contributed by atoms with E-state index in [1.807, 2.05) is 0 Å². The molecule has 0 N–H and O–H groups in total. The number of halogens is 1. The minimum absolute atomic E-state index is 0.0651. The minimum atomic E-state index is -2.85. The molecule has 0 unspecified atom stereocenters. The maximum atomic E-state index is 12.9. The zero-order valence-electron chi connectivity index (χ0n) is 12.9. The van der Waals surface area contributed by atoms with Crippen LogP contribution in [-0.4, -0.2) is 67.9 Å². The number of carbonyl (C=O) groups is 1. The van der Waals surface area contributed by atoms with Crippen LogP contribution >= 0.6 is 0 Å². The molecule has 0 spiro atoms. The van der Waals surface area contributed by atoms with E-state index in [1.54, 1.807) is 4.90 Å². The van der Waals surface area contributed by atoms with Gasteiger partial charge in [0.15, 0.2) is 9.84 Å². The monoisotopic (exact) mass is 340 g/mol. The molecule has 23 heavy (non-hydrogen) atoms. The zero-order chi connectivity index (χ0) is 16.4. The second-order valence-electron chi connectivity index (χ2n) is 6.22. The fraction of sp³-hybridized carbons (Fsp3) is 0.562. The third-order valence-corrected chi connectivity index (χ3v) is 6.35. The van der Waals surface area contributed by atoms with Crippen LogP contribution in [0.3, 0.4) is 0 Å². The largest absolute Gasteiger partial charge is 0.339 e. The number of hydrogen-bond donors (Lipinski definition) is 0. The first kappa shape index (κ1) is 16.4. The van der Waals surface area contributed by atoms with Crippen molar-refractivity contribution in [3.8, 4) is 0 Å². The van der Waals surface area contributed by atoms with Gasteiger partial charge >= 0.3 is 0 Å². The molecule has 7 heteroatoms. The van der Waals surface area contributed by atoms with Crippen molar-refractivity contribution >= 4 is 15.7 Å². The molecule has 2 fully saturated rings. The van der Waals surface area contributed by atoms with Crippen molar-refractivity contribution in [1.82, 2.24) is 9.80 Å². The van der Waals surface area contributed by atoms with Gasteiger partial charge in [0.1, 0.15) is 5.82 Å². The molecular weight excluding hydrogens is 319 g/mol. The molecule has 0 bridgehead atoms. The van der Waals surface area contributed by atoms with E-state index in [-0.39, 0.29) is 23.2 Å². The summed E-state index contributed by atoms with van der Waals surface area (Å²) in [4.78, 5) is 16.4. The Kier molecular flexibility index (Phi) is 4.68. The number of likely N-dealkylation sites (tertiary alicyclic amines) is 1. The van der Waals surface area contributed by atoms with Gasteiger partial charge in [-0.05, 0) is 37.1 Å². The highest BCUT2D eigenvalue weighted by Crippen LogP contribution is 2.20. The summed E-state index contributed by atoms with van der Waals surface area (Å²) in [5.74, 6) is 0.0636. The molecule has 2 heterocycles. The summed E-state index contributed by atoms with van der Waals surface area (Å²) >= 11 is 0. The Labute approximate surface area is 136 Å². The number of amides is 1. The van der Waals surface area contributed by atoms with E-state index < -0.39 is 9.84 Å². The maximum absolute atomic E-state index is 12.9. The second-order valence-corrected chi connectivity index (χ2v) is 8.52. The number of nitrogens with zero attached hydrogens (tertiary/aromatic N) is 2. The smallest absolute Gasteiger partial charge is 0.253 e. The van der Waals surface area contributed by atoms with Gasteiger partial charge in [0.05, 0.1) is 11.5 Å². The predicted octanol–water partition coefficient (Wildman–Crippen LogP) is 1.16. The number of sulfone groups is 1. The van der Waals surface area contributed by atoms with Crippen LogP contribution < -0.4 is 0 Å². The number of benzene rings is 1. The van der Waals surface area contributed by atoms with Crippen molar-refractivity contribution in [1.29, 1.82) is 0 Å². The van der Waals surface area contributed by atoms with Gasteiger partial charge < -0.3 is 4.90 Å². The average Bonchev–Trinajstić information content (AvgIpc) is 2.55. The van der Waals surface area contributed by atoms with Crippen LogP contribution in [0.2, 0.25) is 0 Å². The summed E-state index contributed by atoms with van der Waals surface area (Å²) in [5, 5.41) is 0. The molecule has 0 saturated carbocycles. The van der Waals surface area contributed by atoms with E-state index in [0.29, 0.717) is 37.8 Å². The lowest BCUT2D eigenvalue weighted by Gasteiger charge is -2.40. The van der Waals surface area contributed by atoms with E-state index in [2.05, 4.69) is 4.90 Å². The van der Waals surface area contributed by atoms with E-state index >= 15 is 0 Å². The van der Waals surface area contributed by atoms with Gasteiger partial charge in [0, 0.05) is 37.8 Å². The molecule has 1 aromatic rings. The van der Waals surface area contributed by atoms with Crippen molar-refractivity contribution in [3.63, 3.8) is 0 Å². The Bertz CT molecular complexity index is 653. The van der Waals surface area contributed by atoms with Gasteiger partial charge in [-0.1, -0.05) is 0 Å². The van der Waals surface area contributed by atoms with Crippen LogP contribution in [0.5, 0.6) is 0 Å². The third kappa shape index (κ3) is 3.90. The molecule has 1 amide bonds. The molecule has 3 rings (SSSR count). The molecule has 126 valence electrons. The molecule has 2 saturated heterocycles. The Morgan fingerprint density at radius 1 is 1.00 bits per heavy atom. The molecule has 0 aliphatic carbocycles. The normalized spacial score (nSPS) is 22.9. The lowest BCUT2D eigenvalue weighted by atomic mass is 10.0. The summed E-state index contributed by atoms with van der Waals surface area (Å²) in [6.45, 7) is 2.51. The van der Waals surface area contributed by atoms with Crippen LogP contribution in [-0.2, 0) is 9.84 Å². The lowest BCUT2D eigenvalue weighted by molar-refractivity contribution is 0.0629. The molecule has 0 atom stereocenters. The molecular formula is C16H21FN2O3S. The van der Waals surface area contributed by atoms with E-state index in [0.717, 1.165) is 12.8 Å². The molecule has 0 radical (unpaired) electrons. The molecule has 2 aliphatic heterocycles. The summed E-state index contributed by atoms with van der Waals surface area (Å²) in [6, 6.07) is 5.98. The Hall–Kier alpha value is -1.47. The van der Waals surface area contributed by atoms with E-state index in [4.69, 9.17) is 0 Å². The van der Waals surface area contributed by atoms with Crippen LogP contribution in [0.15, 0.2) is 24.3 Å². The average molecular weight is 340 g/mol.